The standard InChI is InChI=1S/C31H35NO2/c1-4-6-7-9-24-10-13-26(14-11-24)27-15-17-28(18-16-27)31(33)34-30-19-12-25(21-29(30)22-32)20-23(3)8-5-2/h10-19,21,23H,4-9,20H2,1-3H3. The Labute approximate surface area is 204 Å². The van der Waals surface area contributed by atoms with Gasteiger partial charge in [-0.2, -0.15) is 5.26 Å². The Kier molecular flexibility index (Phi) is 9.47. The Balaban J connectivity index is 1.65. The molecule has 3 heteroatoms. The van der Waals surface area contributed by atoms with Crippen LogP contribution in [0.4, 0.5) is 0 Å². The van der Waals surface area contributed by atoms with Gasteiger partial charge in [-0.25, -0.2) is 4.79 Å². The Bertz CT molecular complexity index is 1110. The lowest BCUT2D eigenvalue weighted by atomic mass is 9.96. The summed E-state index contributed by atoms with van der Waals surface area (Å²) in [5, 5.41) is 9.56. The van der Waals surface area contributed by atoms with Crippen LogP contribution in [0.2, 0.25) is 0 Å². The third kappa shape index (κ3) is 7.06. The van der Waals surface area contributed by atoms with E-state index in [1.165, 1.54) is 24.8 Å². The van der Waals surface area contributed by atoms with E-state index in [1.54, 1.807) is 18.2 Å². The first kappa shape index (κ1) is 25.2. The summed E-state index contributed by atoms with van der Waals surface area (Å²) in [5.74, 6) is 0.407. The Morgan fingerprint density at radius 1 is 0.882 bits per heavy atom. The number of rotatable bonds is 11. The van der Waals surface area contributed by atoms with Gasteiger partial charge >= 0.3 is 5.97 Å². The number of hydrogen-bond donors (Lipinski definition) is 0. The lowest BCUT2D eigenvalue weighted by molar-refractivity contribution is 0.0734. The van der Waals surface area contributed by atoms with Crippen LogP contribution in [-0.4, -0.2) is 5.97 Å². The molecule has 0 N–H and O–H groups in total. The van der Waals surface area contributed by atoms with Gasteiger partial charge in [0.25, 0.3) is 0 Å². The smallest absolute Gasteiger partial charge is 0.343 e. The average Bonchev–Trinajstić information content (AvgIpc) is 2.85. The second-order valence-corrected chi connectivity index (χ2v) is 9.16. The highest BCUT2D eigenvalue weighted by Gasteiger charge is 2.14. The fourth-order valence-electron chi connectivity index (χ4n) is 4.28. The minimum Gasteiger partial charge on any atom is -0.422 e. The van der Waals surface area contributed by atoms with Gasteiger partial charge in [0.05, 0.1) is 11.1 Å². The molecule has 0 spiro atoms. The summed E-state index contributed by atoms with van der Waals surface area (Å²) in [4.78, 5) is 12.7. The number of aryl methyl sites for hydroxylation is 1. The number of nitriles is 1. The quantitative estimate of drug-likeness (QED) is 0.167. The highest BCUT2D eigenvalue weighted by molar-refractivity contribution is 5.92. The molecule has 0 aromatic heterocycles. The van der Waals surface area contributed by atoms with Crippen molar-refractivity contribution < 1.29 is 9.53 Å². The summed E-state index contributed by atoms with van der Waals surface area (Å²) in [6.45, 7) is 6.61. The molecule has 1 unspecified atom stereocenters. The van der Waals surface area contributed by atoms with E-state index < -0.39 is 5.97 Å². The lowest BCUT2D eigenvalue weighted by Crippen LogP contribution is -2.09. The van der Waals surface area contributed by atoms with Crippen molar-refractivity contribution in [1.82, 2.24) is 0 Å². The molecule has 0 saturated carbocycles. The zero-order valence-corrected chi connectivity index (χ0v) is 20.6. The van der Waals surface area contributed by atoms with E-state index in [0.717, 1.165) is 42.4 Å². The van der Waals surface area contributed by atoms with Crippen molar-refractivity contribution in [2.75, 3.05) is 0 Å². The van der Waals surface area contributed by atoms with E-state index in [-0.39, 0.29) is 0 Å². The second-order valence-electron chi connectivity index (χ2n) is 9.16. The van der Waals surface area contributed by atoms with E-state index in [0.29, 0.717) is 22.8 Å². The number of hydrogen-bond acceptors (Lipinski definition) is 3. The Morgan fingerprint density at radius 3 is 2.15 bits per heavy atom. The molecule has 3 aromatic carbocycles. The summed E-state index contributed by atoms with van der Waals surface area (Å²) < 4.78 is 5.58. The molecule has 0 amide bonds. The van der Waals surface area contributed by atoms with Gasteiger partial charge in [0.15, 0.2) is 0 Å². The first-order valence-electron chi connectivity index (χ1n) is 12.5. The number of carbonyl (C=O) groups is 1. The van der Waals surface area contributed by atoms with Crippen LogP contribution in [0.3, 0.4) is 0 Å². The zero-order valence-electron chi connectivity index (χ0n) is 20.6. The molecule has 0 aliphatic rings. The molecule has 3 nitrogen and oxygen atoms in total. The largest absolute Gasteiger partial charge is 0.422 e. The van der Waals surface area contributed by atoms with Crippen molar-refractivity contribution in [1.29, 1.82) is 5.26 Å². The maximum absolute atomic E-state index is 12.7. The molecule has 3 rings (SSSR count). The van der Waals surface area contributed by atoms with Gasteiger partial charge in [0.2, 0.25) is 0 Å². The van der Waals surface area contributed by atoms with Crippen LogP contribution in [0.25, 0.3) is 11.1 Å². The van der Waals surface area contributed by atoms with E-state index in [1.807, 2.05) is 24.3 Å². The summed E-state index contributed by atoms with van der Waals surface area (Å²) in [5.41, 5.74) is 5.49. The molecule has 3 aromatic rings. The van der Waals surface area contributed by atoms with Gasteiger partial charge in [0.1, 0.15) is 11.8 Å². The van der Waals surface area contributed by atoms with Gasteiger partial charge in [-0.15, -0.1) is 0 Å². The fourth-order valence-corrected chi connectivity index (χ4v) is 4.28. The van der Waals surface area contributed by atoms with E-state index in [9.17, 15) is 10.1 Å². The Hall–Kier alpha value is -3.38. The van der Waals surface area contributed by atoms with E-state index in [4.69, 9.17) is 4.74 Å². The summed E-state index contributed by atoms with van der Waals surface area (Å²) >= 11 is 0. The molecule has 0 saturated heterocycles. The molecule has 0 aliphatic heterocycles. The normalized spacial score (nSPS) is 11.6. The topological polar surface area (TPSA) is 50.1 Å². The second kappa shape index (κ2) is 12.8. The average molecular weight is 454 g/mol. The number of esters is 1. The summed E-state index contributed by atoms with van der Waals surface area (Å²) in [6.07, 6.45) is 8.04. The molecular formula is C31H35NO2. The van der Waals surface area contributed by atoms with Crippen molar-refractivity contribution in [3.05, 3.63) is 89.0 Å². The molecule has 0 heterocycles. The highest BCUT2D eigenvalue weighted by atomic mass is 16.5. The third-order valence-electron chi connectivity index (χ3n) is 6.21. The van der Waals surface area contributed by atoms with Crippen LogP contribution in [0.1, 0.15) is 79.9 Å². The van der Waals surface area contributed by atoms with Crippen molar-refractivity contribution in [2.24, 2.45) is 5.92 Å². The minimum atomic E-state index is -0.457. The fraction of sp³-hybridized carbons (Fsp3) is 0.355. The van der Waals surface area contributed by atoms with E-state index in [2.05, 4.69) is 51.1 Å². The molecule has 0 radical (unpaired) electrons. The van der Waals surface area contributed by atoms with Crippen molar-refractivity contribution >= 4 is 5.97 Å². The van der Waals surface area contributed by atoms with Gasteiger partial charge in [-0.1, -0.05) is 88.9 Å². The number of nitrogens with zero attached hydrogens (tertiary/aromatic N) is 1. The van der Waals surface area contributed by atoms with Gasteiger partial charge in [-0.3, -0.25) is 0 Å². The summed E-state index contributed by atoms with van der Waals surface area (Å²) in [6, 6.07) is 23.8. The number of benzene rings is 3. The maximum Gasteiger partial charge on any atom is 0.343 e. The maximum atomic E-state index is 12.7. The molecule has 176 valence electrons. The van der Waals surface area contributed by atoms with Crippen molar-refractivity contribution in [2.45, 2.75) is 65.7 Å². The first-order chi connectivity index (χ1) is 16.5. The molecular weight excluding hydrogens is 418 g/mol. The van der Waals surface area contributed by atoms with Gasteiger partial charge in [0, 0.05) is 0 Å². The Morgan fingerprint density at radius 2 is 1.53 bits per heavy atom. The molecule has 34 heavy (non-hydrogen) atoms. The van der Waals surface area contributed by atoms with Crippen LogP contribution in [0, 0.1) is 17.2 Å². The SMILES string of the molecule is CCCCCc1ccc(-c2ccc(C(=O)Oc3ccc(CC(C)CCC)cc3C#N)cc2)cc1. The van der Waals surface area contributed by atoms with Gasteiger partial charge < -0.3 is 4.74 Å². The monoisotopic (exact) mass is 453 g/mol. The zero-order chi connectivity index (χ0) is 24.3. The van der Waals surface area contributed by atoms with Crippen LogP contribution in [0.5, 0.6) is 5.75 Å². The first-order valence-corrected chi connectivity index (χ1v) is 12.5. The summed E-state index contributed by atoms with van der Waals surface area (Å²) in [7, 11) is 0. The molecule has 0 aliphatic carbocycles. The van der Waals surface area contributed by atoms with Crippen molar-refractivity contribution in [3.8, 4) is 22.9 Å². The van der Waals surface area contributed by atoms with Crippen LogP contribution >= 0.6 is 0 Å². The van der Waals surface area contributed by atoms with E-state index >= 15 is 0 Å². The highest BCUT2D eigenvalue weighted by Crippen LogP contribution is 2.25. The van der Waals surface area contributed by atoms with Crippen molar-refractivity contribution in [3.63, 3.8) is 0 Å². The third-order valence-corrected chi connectivity index (χ3v) is 6.21. The molecule has 0 fully saturated rings. The number of ether oxygens (including phenoxy) is 1. The molecule has 1 atom stereocenters. The molecule has 0 bridgehead atoms. The lowest BCUT2D eigenvalue weighted by Gasteiger charge is -2.12. The van der Waals surface area contributed by atoms with Gasteiger partial charge in [-0.05, 0) is 71.7 Å². The van der Waals surface area contributed by atoms with Crippen LogP contribution < -0.4 is 4.74 Å². The van der Waals surface area contributed by atoms with Crippen LogP contribution in [-0.2, 0) is 12.8 Å². The number of carbonyl (C=O) groups excluding carboxylic acids is 1. The van der Waals surface area contributed by atoms with Crippen LogP contribution in [0.15, 0.2) is 66.7 Å². The minimum absolute atomic E-state index is 0.308. The number of unbranched alkanes of at least 4 members (excludes halogenated alkanes) is 2. The predicted molar refractivity (Wildman–Crippen MR) is 139 cm³/mol. The predicted octanol–water partition coefficient (Wildman–Crippen LogP) is 8.16.